The third-order valence-electron chi connectivity index (χ3n) is 2.78. The molecule has 0 bridgehead atoms. The summed E-state index contributed by atoms with van der Waals surface area (Å²) in [6.07, 6.45) is -0.336. The van der Waals surface area contributed by atoms with Gasteiger partial charge in [-0.1, -0.05) is 29.8 Å². The molecule has 0 spiro atoms. The van der Waals surface area contributed by atoms with Gasteiger partial charge in [0.15, 0.2) is 0 Å². The Kier molecular flexibility index (Phi) is 3.29. The van der Waals surface area contributed by atoms with Gasteiger partial charge >= 0.3 is 6.09 Å². The number of nitrogens with zero attached hydrogens (tertiary/aromatic N) is 2. The Bertz CT molecular complexity index is 447. The molecule has 4 nitrogen and oxygen atoms in total. The second kappa shape index (κ2) is 4.88. The monoisotopic (exact) mass is 230 g/mol. The summed E-state index contributed by atoms with van der Waals surface area (Å²) in [5.74, 6) is -0.224. The molecule has 2 rings (SSSR count). The topological polar surface area (TPSA) is 53.3 Å². The van der Waals surface area contributed by atoms with Crippen LogP contribution in [0.3, 0.4) is 0 Å². The van der Waals surface area contributed by atoms with Crippen LogP contribution in [0.5, 0.6) is 0 Å². The largest absolute Gasteiger partial charge is 0.448 e. The lowest BCUT2D eigenvalue weighted by molar-refractivity contribution is 0.0536. The van der Waals surface area contributed by atoms with Gasteiger partial charge < -0.3 is 9.64 Å². The Hall–Kier alpha value is -2.02. The van der Waals surface area contributed by atoms with E-state index >= 15 is 0 Å². The molecule has 1 aliphatic rings. The van der Waals surface area contributed by atoms with Crippen LogP contribution in [0.15, 0.2) is 24.3 Å². The zero-order valence-corrected chi connectivity index (χ0v) is 9.72. The van der Waals surface area contributed by atoms with E-state index < -0.39 is 0 Å². The normalized spacial score (nSPS) is 19.6. The number of carbonyl (C=O) groups is 1. The van der Waals surface area contributed by atoms with Crippen LogP contribution in [0, 0.1) is 24.2 Å². The number of carbonyl (C=O) groups excluding carboxylic acids is 1. The molecule has 0 aromatic heterocycles. The third-order valence-corrected chi connectivity index (χ3v) is 2.78. The number of hydrogen-bond donors (Lipinski definition) is 0. The van der Waals surface area contributed by atoms with Gasteiger partial charge in [0.2, 0.25) is 0 Å². The lowest BCUT2D eigenvalue weighted by Gasteiger charge is -2.29. The number of amides is 1. The second-order valence-electron chi connectivity index (χ2n) is 4.27. The Morgan fingerprint density at radius 3 is 2.82 bits per heavy atom. The van der Waals surface area contributed by atoms with E-state index in [1.807, 2.05) is 31.2 Å². The van der Waals surface area contributed by atoms with Crippen LogP contribution >= 0.6 is 0 Å². The summed E-state index contributed by atoms with van der Waals surface area (Å²) in [6, 6.07) is 10.1. The summed E-state index contributed by atoms with van der Waals surface area (Å²) in [7, 11) is 0. The number of ether oxygens (including phenoxy) is 1. The van der Waals surface area contributed by atoms with E-state index in [-0.39, 0.29) is 18.6 Å². The number of benzene rings is 1. The van der Waals surface area contributed by atoms with Gasteiger partial charge in [0, 0.05) is 13.1 Å². The van der Waals surface area contributed by atoms with Crippen LogP contribution in [-0.4, -0.2) is 24.1 Å². The van der Waals surface area contributed by atoms with Gasteiger partial charge in [-0.25, -0.2) is 4.79 Å². The molecular weight excluding hydrogens is 216 g/mol. The van der Waals surface area contributed by atoms with Crippen molar-refractivity contribution in [1.82, 2.24) is 4.90 Å². The standard InChI is InChI=1S/C13H14N2O2/c1-10-2-4-11(5-3-10)7-15-8-12(6-14)9-17-13(15)16/h2-5,12H,7-9H2,1H3. The van der Waals surface area contributed by atoms with Crippen molar-refractivity contribution in [2.45, 2.75) is 13.5 Å². The highest BCUT2D eigenvalue weighted by molar-refractivity contribution is 5.68. The van der Waals surface area contributed by atoms with E-state index in [4.69, 9.17) is 10.00 Å². The summed E-state index contributed by atoms with van der Waals surface area (Å²) in [6.45, 7) is 3.17. The first kappa shape index (κ1) is 11.5. The fourth-order valence-electron chi connectivity index (χ4n) is 1.78. The maximum Gasteiger partial charge on any atom is 0.410 e. The molecule has 0 radical (unpaired) electrons. The Balaban J connectivity index is 2.04. The molecule has 1 aromatic rings. The van der Waals surface area contributed by atoms with E-state index in [0.717, 1.165) is 5.56 Å². The molecule has 1 heterocycles. The van der Waals surface area contributed by atoms with Gasteiger partial charge in [-0.05, 0) is 12.5 Å². The summed E-state index contributed by atoms with van der Waals surface area (Å²) < 4.78 is 4.95. The van der Waals surface area contributed by atoms with Crippen molar-refractivity contribution >= 4 is 6.09 Å². The second-order valence-corrected chi connectivity index (χ2v) is 4.27. The van der Waals surface area contributed by atoms with Crippen LogP contribution in [0.1, 0.15) is 11.1 Å². The average Bonchev–Trinajstić information content (AvgIpc) is 2.35. The Morgan fingerprint density at radius 1 is 1.47 bits per heavy atom. The Labute approximate surface area is 100 Å². The molecule has 1 atom stereocenters. The maximum atomic E-state index is 11.5. The van der Waals surface area contributed by atoms with Crippen molar-refractivity contribution in [2.75, 3.05) is 13.2 Å². The van der Waals surface area contributed by atoms with E-state index in [0.29, 0.717) is 13.1 Å². The first-order valence-electron chi connectivity index (χ1n) is 5.56. The van der Waals surface area contributed by atoms with E-state index in [1.165, 1.54) is 5.56 Å². The zero-order chi connectivity index (χ0) is 12.3. The highest BCUT2D eigenvalue weighted by Crippen LogP contribution is 2.14. The predicted octanol–water partition coefficient (Wildman–Crippen LogP) is 2.09. The van der Waals surface area contributed by atoms with Gasteiger partial charge in [-0.2, -0.15) is 5.26 Å². The number of rotatable bonds is 2. The van der Waals surface area contributed by atoms with E-state index in [2.05, 4.69) is 6.07 Å². The molecule has 4 heteroatoms. The van der Waals surface area contributed by atoms with Crippen molar-refractivity contribution < 1.29 is 9.53 Å². The van der Waals surface area contributed by atoms with Crippen molar-refractivity contribution in [3.63, 3.8) is 0 Å². The third kappa shape index (κ3) is 2.76. The molecule has 1 aliphatic heterocycles. The van der Waals surface area contributed by atoms with Crippen LogP contribution < -0.4 is 0 Å². The predicted molar refractivity (Wildman–Crippen MR) is 62.0 cm³/mol. The fourth-order valence-corrected chi connectivity index (χ4v) is 1.78. The molecule has 88 valence electrons. The van der Waals surface area contributed by atoms with Gasteiger partial charge in [0.1, 0.15) is 6.61 Å². The van der Waals surface area contributed by atoms with E-state index in [1.54, 1.807) is 4.90 Å². The lowest BCUT2D eigenvalue weighted by Crippen LogP contribution is -2.42. The first-order chi connectivity index (χ1) is 8.19. The van der Waals surface area contributed by atoms with Crippen molar-refractivity contribution in [3.05, 3.63) is 35.4 Å². The quantitative estimate of drug-likeness (QED) is 0.781. The number of cyclic esters (lactones) is 1. The minimum absolute atomic E-state index is 0.208. The number of nitriles is 1. The van der Waals surface area contributed by atoms with Gasteiger partial charge in [-0.15, -0.1) is 0 Å². The summed E-state index contributed by atoms with van der Waals surface area (Å²) in [5, 5.41) is 8.83. The highest BCUT2D eigenvalue weighted by Gasteiger charge is 2.26. The molecule has 0 saturated carbocycles. The molecule has 0 N–H and O–H groups in total. The van der Waals surface area contributed by atoms with Crippen molar-refractivity contribution in [1.29, 1.82) is 5.26 Å². The molecule has 17 heavy (non-hydrogen) atoms. The van der Waals surface area contributed by atoms with Gasteiger partial charge in [-0.3, -0.25) is 0 Å². The van der Waals surface area contributed by atoms with Crippen LogP contribution in [0.25, 0.3) is 0 Å². The smallest absolute Gasteiger partial charge is 0.410 e. The Morgan fingerprint density at radius 2 is 2.18 bits per heavy atom. The van der Waals surface area contributed by atoms with Crippen LogP contribution in [-0.2, 0) is 11.3 Å². The van der Waals surface area contributed by atoms with Gasteiger partial charge in [0.25, 0.3) is 0 Å². The summed E-state index contributed by atoms with van der Waals surface area (Å²) in [5.41, 5.74) is 2.23. The molecule has 1 amide bonds. The molecule has 1 saturated heterocycles. The van der Waals surface area contributed by atoms with Crippen LogP contribution in [0.4, 0.5) is 4.79 Å². The highest BCUT2D eigenvalue weighted by atomic mass is 16.6. The summed E-state index contributed by atoms with van der Waals surface area (Å²) in [4.78, 5) is 13.1. The molecule has 1 aromatic carbocycles. The van der Waals surface area contributed by atoms with Gasteiger partial charge in [0.05, 0.1) is 12.0 Å². The minimum Gasteiger partial charge on any atom is -0.448 e. The molecule has 0 aliphatic carbocycles. The molecule has 1 fully saturated rings. The van der Waals surface area contributed by atoms with Crippen molar-refractivity contribution in [2.24, 2.45) is 5.92 Å². The summed E-state index contributed by atoms with van der Waals surface area (Å²) >= 11 is 0. The zero-order valence-electron chi connectivity index (χ0n) is 9.72. The van der Waals surface area contributed by atoms with E-state index in [9.17, 15) is 4.79 Å². The SMILES string of the molecule is Cc1ccc(CN2CC(C#N)COC2=O)cc1. The van der Waals surface area contributed by atoms with Crippen molar-refractivity contribution in [3.8, 4) is 6.07 Å². The molecular formula is C13H14N2O2. The molecule has 1 unspecified atom stereocenters. The fraction of sp³-hybridized carbons (Fsp3) is 0.385. The maximum absolute atomic E-state index is 11.5. The van der Waals surface area contributed by atoms with Crippen LogP contribution in [0.2, 0.25) is 0 Å². The number of hydrogen-bond acceptors (Lipinski definition) is 3. The minimum atomic E-state index is -0.336. The average molecular weight is 230 g/mol. The number of aryl methyl sites for hydroxylation is 1. The first-order valence-corrected chi connectivity index (χ1v) is 5.56. The lowest BCUT2D eigenvalue weighted by atomic mass is 10.1.